The Labute approximate surface area is 198 Å². The van der Waals surface area contributed by atoms with Gasteiger partial charge in [0.1, 0.15) is 0 Å². The molecule has 0 bridgehead atoms. The summed E-state index contributed by atoms with van der Waals surface area (Å²) in [5, 5.41) is 0. The molecule has 0 atom stereocenters. The first-order valence-electron chi connectivity index (χ1n) is 13.3. The van der Waals surface area contributed by atoms with Crippen molar-refractivity contribution >= 4 is 11.9 Å². The van der Waals surface area contributed by atoms with Gasteiger partial charge in [-0.15, -0.1) is 0 Å². The number of carbonyl (C=O) groups excluding carboxylic acids is 2. The first-order valence-corrected chi connectivity index (χ1v) is 13.3. The third-order valence-corrected chi connectivity index (χ3v) is 5.37. The molecular weight excluding hydrogens is 400 g/mol. The van der Waals surface area contributed by atoms with Gasteiger partial charge in [-0.2, -0.15) is 0 Å². The molecule has 0 spiro atoms. The fourth-order valence-corrected chi connectivity index (χ4v) is 3.30. The Morgan fingerprint density at radius 1 is 0.500 bits per heavy atom. The van der Waals surface area contributed by atoms with E-state index >= 15 is 0 Å². The second-order valence-corrected chi connectivity index (χ2v) is 8.57. The summed E-state index contributed by atoms with van der Waals surface area (Å²) in [6, 6.07) is 0. The zero-order valence-corrected chi connectivity index (χ0v) is 21.1. The lowest BCUT2D eigenvalue weighted by molar-refractivity contribution is -0.150. The minimum atomic E-state index is -0.308. The zero-order valence-electron chi connectivity index (χ0n) is 21.1. The van der Waals surface area contributed by atoms with Crippen molar-refractivity contribution in [2.45, 2.75) is 129 Å². The molecule has 0 unspecified atom stereocenters. The number of ether oxygens (including phenoxy) is 2. The number of allylic oxidation sites excluding steroid dienone is 4. The molecule has 4 nitrogen and oxygen atoms in total. The Balaban J connectivity index is 3.41. The van der Waals surface area contributed by atoms with Crippen LogP contribution in [0.15, 0.2) is 24.3 Å². The minimum absolute atomic E-state index is 0.108. The van der Waals surface area contributed by atoms with Crippen LogP contribution in [0.25, 0.3) is 0 Å². The summed E-state index contributed by atoms with van der Waals surface area (Å²) in [5.74, 6) is -0.616. The number of rotatable bonds is 23. The first-order chi connectivity index (χ1) is 15.7. The molecule has 0 aliphatic carbocycles. The predicted molar refractivity (Wildman–Crippen MR) is 135 cm³/mol. The van der Waals surface area contributed by atoms with E-state index in [1.807, 2.05) is 0 Å². The van der Waals surface area contributed by atoms with Gasteiger partial charge in [-0.05, 0) is 64.2 Å². The third-order valence-electron chi connectivity index (χ3n) is 5.37. The van der Waals surface area contributed by atoms with Crippen molar-refractivity contribution in [1.82, 2.24) is 0 Å². The van der Waals surface area contributed by atoms with Crippen LogP contribution in [0, 0.1) is 0 Å². The lowest BCUT2D eigenvalue weighted by Crippen LogP contribution is -2.11. The van der Waals surface area contributed by atoms with Crippen molar-refractivity contribution in [2.75, 3.05) is 13.2 Å². The number of carbonyl (C=O) groups is 2. The highest BCUT2D eigenvalue weighted by Crippen LogP contribution is 2.06. The average Bonchev–Trinajstić information content (AvgIpc) is 2.79. The van der Waals surface area contributed by atoms with Crippen LogP contribution in [0.5, 0.6) is 0 Å². The highest BCUT2D eigenvalue weighted by molar-refractivity contribution is 5.77. The Bertz CT molecular complexity index is 438. The van der Waals surface area contributed by atoms with Gasteiger partial charge < -0.3 is 9.47 Å². The number of hydrogen-bond acceptors (Lipinski definition) is 4. The normalized spacial score (nSPS) is 11.4. The molecular formula is C28H50O4. The van der Waals surface area contributed by atoms with Gasteiger partial charge in [-0.1, -0.05) is 76.7 Å². The van der Waals surface area contributed by atoms with Crippen LogP contribution in [-0.4, -0.2) is 25.2 Å². The van der Waals surface area contributed by atoms with Crippen molar-refractivity contribution in [1.29, 1.82) is 0 Å². The molecule has 186 valence electrons. The number of hydrogen-bond donors (Lipinski definition) is 0. The van der Waals surface area contributed by atoms with E-state index in [0.29, 0.717) is 13.2 Å². The van der Waals surface area contributed by atoms with Gasteiger partial charge in [0, 0.05) is 0 Å². The van der Waals surface area contributed by atoms with Crippen LogP contribution >= 0.6 is 0 Å². The summed E-state index contributed by atoms with van der Waals surface area (Å²) >= 11 is 0. The van der Waals surface area contributed by atoms with Crippen molar-refractivity contribution in [3.63, 3.8) is 0 Å². The second kappa shape index (κ2) is 25.7. The molecule has 0 rings (SSSR count). The second-order valence-electron chi connectivity index (χ2n) is 8.57. The molecule has 0 aliphatic rings. The maximum atomic E-state index is 11.7. The maximum Gasteiger partial charge on any atom is 0.306 e. The van der Waals surface area contributed by atoms with E-state index < -0.39 is 0 Å². The molecule has 32 heavy (non-hydrogen) atoms. The predicted octanol–water partition coefficient (Wildman–Crippen LogP) is 8.25. The zero-order chi connectivity index (χ0) is 23.5. The quantitative estimate of drug-likeness (QED) is 0.0893. The maximum absolute atomic E-state index is 11.7. The van der Waals surface area contributed by atoms with E-state index in [9.17, 15) is 9.59 Å². The smallest absolute Gasteiger partial charge is 0.306 e. The topological polar surface area (TPSA) is 52.6 Å². The lowest BCUT2D eigenvalue weighted by Gasteiger charge is -2.05. The van der Waals surface area contributed by atoms with Crippen molar-refractivity contribution in [3.8, 4) is 0 Å². The summed E-state index contributed by atoms with van der Waals surface area (Å²) in [6.07, 6.45) is 27.8. The van der Waals surface area contributed by atoms with Crippen molar-refractivity contribution < 1.29 is 19.1 Å². The fraction of sp³-hybridized carbons (Fsp3) is 0.786. The van der Waals surface area contributed by atoms with E-state index in [1.165, 1.54) is 64.2 Å². The summed E-state index contributed by atoms with van der Waals surface area (Å²) in [5.41, 5.74) is 0. The highest BCUT2D eigenvalue weighted by atomic mass is 16.5. The monoisotopic (exact) mass is 450 g/mol. The van der Waals surface area contributed by atoms with Gasteiger partial charge in [0.2, 0.25) is 0 Å². The first kappa shape index (κ1) is 30.4. The fourth-order valence-electron chi connectivity index (χ4n) is 3.30. The van der Waals surface area contributed by atoms with E-state index in [4.69, 9.17) is 9.47 Å². The van der Waals surface area contributed by atoms with E-state index in [1.54, 1.807) is 0 Å². The molecule has 0 saturated heterocycles. The highest BCUT2D eigenvalue weighted by Gasteiger charge is 2.08. The third kappa shape index (κ3) is 24.7. The SMILES string of the molecule is CCCCCC/C=C/CCCCOC(=O)CCC(=O)OCCCC/C=C/CCCCCC. The molecule has 0 aromatic carbocycles. The van der Waals surface area contributed by atoms with Gasteiger partial charge in [-0.25, -0.2) is 0 Å². The van der Waals surface area contributed by atoms with Gasteiger partial charge >= 0.3 is 11.9 Å². The largest absolute Gasteiger partial charge is 0.466 e. The minimum Gasteiger partial charge on any atom is -0.466 e. The van der Waals surface area contributed by atoms with Crippen LogP contribution in [-0.2, 0) is 19.1 Å². The standard InChI is InChI=1S/C28H50O4/c1-3-5-7-9-11-13-15-17-19-21-25-31-27(29)23-24-28(30)32-26-22-20-18-16-14-12-10-8-6-4-2/h13-16H,3-12,17-26H2,1-2H3/b15-13+,16-14+. The van der Waals surface area contributed by atoms with Crippen molar-refractivity contribution in [3.05, 3.63) is 24.3 Å². The average molecular weight is 451 g/mol. The molecule has 0 fully saturated rings. The Morgan fingerprint density at radius 3 is 1.19 bits per heavy atom. The molecule has 0 radical (unpaired) electrons. The molecule has 4 heteroatoms. The van der Waals surface area contributed by atoms with E-state index in [0.717, 1.165) is 38.5 Å². The Morgan fingerprint density at radius 2 is 0.844 bits per heavy atom. The van der Waals surface area contributed by atoms with Crippen LogP contribution in [0.3, 0.4) is 0 Å². The summed E-state index contributed by atoms with van der Waals surface area (Å²) in [4.78, 5) is 23.4. The van der Waals surface area contributed by atoms with Crippen LogP contribution in [0.2, 0.25) is 0 Å². The molecule has 0 N–H and O–H groups in total. The number of unbranched alkanes of at least 4 members (excludes halogenated alkanes) is 12. The van der Waals surface area contributed by atoms with Crippen LogP contribution in [0.4, 0.5) is 0 Å². The van der Waals surface area contributed by atoms with Gasteiger partial charge in [0.15, 0.2) is 0 Å². The number of esters is 2. The van der Waals surface area contributed by atoms with Crippen LogP contribution in [0.1, 0.15) is 129 Å². The summed E-state index contributed by atoms with van der Waals surface area (Å²) in [7, 11) is 0. The molecule has 0 aromatic heterocycles. The van der Waals surface area contributed by atoms with E-state index in [-0.39, 0.29) is 24.8 Å². The summed E-state index contributed by atoms with van der Waals surface area (Å²) < 4.78 is 10.4. The Kier molecular flexibility index (Phi) is 24.4. The van der Waals surface area contributed by atoms with Gasteiger partial charge in [0.05, 0.1) is 26.1 Å². The summed E-state index contributed by atoms with van der Waals surface area (Å²) in [6.45, 7) is 5.33. The van der Waals surface area contributed by atoms with Gasteiger partial charge in [0.25, 0.3) is 0 Å². The van der Waals surface area contributed by atoms with Crippen LogP contribution < -0.4 is 0 Å². The lowest BCUT2D eigenvalue weighted by atomic mass is 10.1. The van der Waals surface area contributed by atoms with Gasteiger partial charge in [-0.3, -0.25) is 9.59 Å². The Hall–Kier alpha value is -1.58. The molecule has 0 heterocycles. The molecule has 0 aromatic rings. The van der Waals surface area contributed by atoms with E-state index in [2.05, 4.69) is 38.2 Å². The molecule has 0 amide bonds. The molecule has 0 saturated carbocycles. The van der Waals surface area contributed by atoms with Crippen molar-refractivity contribution in [2.24, 2.45) is 0 Å². The molecule has 0 aliphatic heterocycles.